The Morgan fingerprint density at radius 3 is 2.76 bits per heavy atom. The molecule has 0 aliphatic carbocycles. The highest BCUT2D eigenvalue weighted by Crippen LogP contribution is 2.28. The van der Waals surface area contributed by atoms with Crippen LogP contribution in [0.3, 0.4) is 0 Å². The monoisotopic (exact) mass is 362 g/mol. The molecule has 3 atom stereocenters. The largest absolute Gasteiger partial charge is 0.331 e. The molecule has 7 heteroatoms. The van der Waals surface area contributed by atoms with Crippen molar-refractivity contribution in [3.05, 3.63) is 51.7 Å². The van der Waals surface area contributed by atoms with E-state index < -0.39 is 0 Å². The van der Waals surface area contributed by atoms with Crippen molar-refractivity contribution in [2.75, 3.05) is 13.1 Å². The zero-order valence-electron chi connectivity index (χ0n) is 14.4. The molecule has 0 spiro atoms. The van der Waals surface area contributed by atoms with Gasteiger partial charge in [0.25, 0.3) is 0 Å². The summed E-state index contributed by atoms with van der Waals surface area (Å²) in [5.41, 5.74) is 7.33. The van der Waals surface area contributed by atoms with Gasteiger partial charge in [-0.1, -0.05) is 12.1 Å². The molecule has 2 amide bonds. The van der Waals surface area contributed by atoms with E-state index in [2.05, 4.69) is 10.3 Å². The van der Waals surface area contributed by atoms with Crippen LogP contribution in [0.1, 0.15) is 40.8 Å². The quantitative estimate of drug-likeness (QED) is 0.881. The van der Waals surface area contributed by atoms with Crippen LogP contribution in [-0.2, 0) is 0 Å². The Bertz CT molecular complexity index is 733. The van der Waals surface area contributed by atoms with Crippen LogP contribution in [0.25, 0.3) is 0 Å². The smallest absolute Gasteiger partial charge is 0.317 e. The van der Waals surface area contributed by atoms with Gasteiger partial charge in [-0.2, -0.15) is 0 Å². The molecule has 3 N–H and O–H groups in total. The number of hydrogen-bond acceptors (Lipinski definition) is 4. The van der Waals surface area contributed by atoms with Crippen molar-refractivity contribution in [3.8, 4) is 0 Å². The Kier molecular flexibility index (Phi) is 5.34. The maximum Gasteiger partial charge on any atom is 0.317 e. The molecule has 25 heavy (non-hydrogen) atoms. The Morgan fingerprint density at radius 2 is 2.16 bits per heavy atom. The van der Waals surface area contributed by atoms with Gasteiger partial charge in [0.2, 0.25) is 0 Å². The van der Waals surface area contributed by atoms with Crippen LogP contribution in [0.5, 0.6) is 0 Å². The fourth-order valence-corrected chi connectivity index (χ4v) is 4.00. The lowest BCUT2D eigenvalue weighted by atomic mass is 9.86. The van der Waals surface area contributed by atoms with Gasteiger partial charge in [-0.15, -0.1) is 11.3 Å². The second-order valence-electron chi connectivity index (χ2n) is 6.51. The summed E-state index contributed by atoms with van der Waals surface area (Å²) < 4.78 is 13.1. The standard InChI is InChI=1S/C18H23FN4OS/c1-11(17-9-21-12(2)25-17)22-18(24)23-8-7-15(16(20)10-23)13-3-5-14(19)6-4-13/h3-6,9,11,15-16H,7-8,10,20H2,1-2H3,(H,22,24)/t11?,15-,16+/m1/s1. The van der Waals surface area contributed by atoms with Crippen molar-refractivity contribution >= 4 is 17.4 Å². The number of carbonyl (C=O) groups is 1. The molecule has 1 aromatic carbocycles. The lowest BCUT2D eigenvalue weighted by Crippen LogP contribution is -2.52. The number of aromatic nitrogens is 1. The van der Waals surface area contributed by atoms with E-state index in [0.29, 0.717) is 13.1 Å². The predicted molar refractivity (Wildman–Crippen MR) is 97.1 cm³/mol. The zero-order valence-corrected chi connectivity index (χ0v) is 15.2. The first-order valence-electron chi connectivity index (χ1n) is 8.43. The maximum absolute atomic E-state index is 13.1. The number of amides is 2. The van der Waals surface area contributed by atoms with Gasteiger partial charge in [-0.3, -0.25) is 0 Å². The average molecular weight is 362 g/mol. The Hall–Kier alpha value is -1.99. The zero-order chi connectivity index (χ0) is 18.0. The number of likely N-dealkylation sites (tertiary alicyclic amines) is 1. The van der Waals surface area contributed by atoms with E-state index in [1.54, 1.807) is 34.6 Å². The topological polar surface area (TPSA) is 71.2 Å². The van der Waals surface area contributed by atoms with Gasteiger partial charge >= 0.3 is 6.03 Å². The Balaban J connectivity index is 1.58. The Labute approximate surface area is 151 Å². The third kappa shape index (κ3) is 4.16. The van der Waals surface area contributed by atoms with Crippen LogP contribution in [-0.4, -0.2) is 35.0 Å². The average Bonchev–Trinajstić information content (AvgIpc) is 3.02. The third-order valence-corrected chi connectivity index (χ3v) is 5.74. The molecule has 1 aliphatic rings. The van der Waals surface area contributed by atoms with Gasteiger partial charge < -0.3 is 16.0 Å². The van der Waals surface area contributed by atoms with Crippen LogP contribution in [0, 0.1) is 12.7 Å². The highest BCUT2D eigenvalue weighted by atomic mass is 32.1. The Morgan fingerprint density at radius 1 is 1.44 bits per heavy atom. The highest BCUT2D eigenvalue weighted by molar-refractivity contribution is 7.11. The molecule has 3 rings (SSSR count). The lowest BCUT2D eigenvalue weighted by molar-refractivity contribution is 0.170. The van der Waals surface area contributed by atoms with Crippen molar-refractivity contribution in [3.63, 3.8) is 0 Å². The van der Waals surface area contributed by atoms with Crippen molar-refractivity contribution in [1.29, 1.82) is 0 Å². The molecule has 5 nitrogen and oxygen atoms in total. The summed E-state index contributed by atoms with van der Waals surface area (Å²) in [5, 5.41) is 4.00. The van der Waals surface area contributed by atoms with E-state index in [4.69, 9.17) is 5.73 Å². The molecular weight excluding hydrogens is 339 g/mol. The predicted octanol–water partition coefficient (Wildman–Crippen LogP) is 3.18. The van der Waals surface area contributed by atoms with E-state index >= 15 is 0 Å². The van der Waals surface area contributed by atoms with Crippen molar-refractivity contribution < 1.29 is 9.18 Å². The molecule has 1 aromatic heterocycles. The van der Waals surface area contributed by atoms with Crippen LogP contribution < -0.4 is 11.1 Å². The fraction of sp³-hybridized carbons (Fsp3) is 0.444. The fourth-order valence-electron chi connectivity index (χ4n) is 3.22. The van der Waals surface area contributed by atoms with Crippen molar-refractivity contribution in [2.45, 2.75) is 38.3 Å². The number of hydrogen-bond donors (Lipinski definition) is 2. The van der Waals surface area contributed by atoms with Crippen molar-refractivity contribution in [2.24, 2.45) is 5.73 Å². The number of urea groups is 1. The number of nitrogens with one attached hydrogen (secondary N) is 1. The molecule has 1 saturated heterocycles. The minimum absolute atomic E-state index is 0.0789. The van der Waals surface area contributed by atoms with Gasteiger partial charge in [0.1, 0.15) is 5.82 Å². The van der Waals surface area contributed by atoms with Crippen LogP contribution in [0.4, 0.5) is 9.18 Å². The number of nitrogens with zero attached hydrogens (tertiary/aromatic N) is 2. The first-order chi connectivity index (χ1) is 11.9. The molecule has 1 fully saturated rings. The molecule has 0 radical (unpaired) electrons. The number of thiazole rings is 1. The van der Waals surface area contributed by atoms with Gasteiger partial charge in [-0.05, 0) is 38.0 Å². The molecule has 1 aliphatic heterocycles. The van der Waals surface area contributed by atoms with Crippen LogP contribution >= 0.6 is 11.3 Å². The number of halogens is 1. The summed E-state index contributed by atoms with van der Waals surface area (Å²) in [6.45, 7) is 5.02. The van der Waals surface area contributed by atoms with E-state index in [1.807, 2.05) is 13.8 Å². The van der Waals surface area contributed by atoms with E-state index in [0.717, 1.165) is 21.9 Å². The third-order valence-electron chi connectivity index (χ3n) is 4.65. The van der Waals surface area contributed by atoms with Gasteiger partial charge in [-0.25, -0.2) is 14.2 Å². The summed E-state index contributed by atoms with van der Waals surface area (Å²) in [5.74, 6) is -0.104. The van der Waals surface area contributed by atoms with E-state index in [9.17, 15) is 9.18 Å². The first kappa shape index (κ1) is 17.8. The number of piperidine rings is 1. The number of carbonyl (C=O) groups excluding carboxylic acids is 1. The summed E-state index contributed by atoms with van der Waals surface area (Å²) >= 11 is 1.58. The molecule has 0 bridgehead atoms. The second kappa shape index (κ2) is 7.49. The molecule has 2 heterocycles. The summed E-state index contributed by atoms with van der Waals surface area (Å²) in [4.78, 5) is 19.5. The highest BCUT2D eigenvalue weighted by Gasteiger charge is 2.30. The second-order valence-corrected chi connectivity index (χ2v) is 7.78. The van der Waals surface area contributed by atoms with Gasteiger partial charge in [0.05, 0.1) is 11.0 Å². The number of aryl methyl sites for hydroxylation is 1. The lowest BCUT2D eigenvalue weighted by Gasteiger charge is -2.37. The summed E-state index contributed by atoms with van der Waals surface area (Å²) in [6.07, 6.45) is 2.58. The van der Waals surface area contributed by atoms with Gasteiger partial charge in [0.15, 0.2) is 0 Å². The SMILES string of the molecule is Cc1ncc(C(C)NC(=O)N2CC[C@H](c3ccc(F)cc3)[C@@H](N)C2)s1. The number of benzene rings is 1. The van der Waals surface area contributed by atoms with Gasteiger partial charge in [0, 0.05) is 36.1 Å². The maximum atomic E-state index is 13.1. The van der Waals surface area contributed by atoms with Crippen LogP contribution in [0.2, 0.25) is 0 Å². The molecule has 2 aromatic rings. The molecule has 134 valence electrons. The normalized spacial score (nSPS) is 21.8. The van der Waals surface area contributed by atoms with Crippen molar-refractivity contribution in [1.82, 2.24) is 15.2 Å². The molecule has 0 saturated carbocycles. The number of nitrogens with two attached hydrogens (primary N) is 1. The summed E-state index contributed by atoms with van der Waals surface area (Å²) in [6, 6.07) is 6.13. The molecular formula is C18H23FN4OS. The number of rotatable bonds is 3. The summed E-state index contributed by atoms with van der Waals surface area (Å²) in [7, 11) is 0. The van der Waals surface area contributed by atoms with E-state index in [-0.39, 0.29) is 29.8 Å². The minimum atomic E-state index is -0.249. The molecule has 1 unspecified atom stereocenters. The van der Waals surface area contributed by atoms with Crippen LogP contribution in [0.15, 0.2) is 30.5 Å². The minimum Gasteiger partial charge on any atom is -0.331 e. The van der Waals surface area contributed by atoms with E-state index in [1.165, 1.54) is 12.1 Å². The first-order valence-corrected chi connectivity index (χ1v) is 9.24.